The van der Waals surface area contributed by atoms with E-state index in [1.807, 2.05) is 13.8 Å². The van der Waals surface area contributed by atoms with Gasteiger partial charge in [0.1, 0.15) is 5.69 Å². The molecule has 4 aliphatic rings. The van der Waals surface area contributed by atoms with Gasteiger partial charge >= 0.3 is 0 Å². The molecule has 6 heteroatoms. The Morgan fingerprint density at radius 3 is 2.23 bits per heavy atom. The van der Waals surface area contributed by atoms with Crippen LogP contribution in [-0.4, -0.2) is 21.3 Å². The van der Waals surface area contributed by atoms with Crippen LogP contribution in [0.1, 0.15) is 49.7 Å². The first-order valence-electron chi connectivity index (χ1n) is 9.53. The molecule has 1 aromatic rings. The van der Waals surface area contributed by atoms with E-state index in [1.54, 1.807) is 17.8 Å². The third-order valence-corrected chi connectivity index (χ3v) is 8.09. The second-order valence-corrected chi connectivity index (χ2v) is 10.1. The zero-order valence-electron chi connectivity index (χ0n) is 15.4. The minimum Gasteiger partial charge on any atom is -0.320 e. The summed E-state index contributed by atoms with van der Waals surface area (Å²) in [5.74, 6) is 2.83. The number of benzene rings is 1. The summed E-state index contributed by atoms with van der Waals surface area (Å²) >= 11 is 1.80. The Kier molecular flexibility index (Phi) is 4.49. The van der Waals surface area contributed by atoms with Gasteiger partial charge < -0.3 is 5.32 Å². The first-order valence-corrected chi connectivity index (χ1v) is 10.5. The Morgan fingerprint density at radius 2 is 1.69 bits per heavy atom. The van der Waals surface area contributed by atoms with Gasteiger partial charge in [0, 0.05) is 10.8 Å². The van der Waals surface area contributed by atoms with Crippen molar-refractivity contribution in [1.82, 2.24) is 0 Å². The second kappa shape index (κ2) is 6.55. The van der Waals surface area contributed by atoms with Gasteiger partial charge in [-0.25, -0.2) is 0 Å². The molecule has 26 heavy (non-hydrogen) atoms. The number of nitrogens with one attached hydrogen (secondary N) is 1. The summed E-state index contributed by atoms with van der Waals surface area (Å²) in [5.41, 5.74) is 2.09. The van der Waals surface area contributed by atoms with Crippen LogP contribution in [0.25, 0.3) is 0 Å². The normalized spacial score (nSPS) is 31.8. The molecule has 1 N–H and O–H groups in total. The topological polar surface area (TPSA) is 72.2 Å². The quantitative estimate of drug-likeness (QED) is 0.590. The molecule has 1 aromatic carbocycles. The number of carbonyl (C=O) groups is 1. The number of nitrogens with zero attached hydrogens (tertiary/aromatic N) is 1. The molecule has 140 valence electrons. The predicted octanol–water partition coefficient (Wildman–Crippen LogP) is 4.85. The highest BCUT2D eigenvalue weighted by atomic mass is 32.2. The first kappa shape index (κ1) is 17.8. The number of anilines is 1. The fraction of sp³-hybridized carbons (Fsp3) is 0.650. The van der Waals surface area contributed by atoms with Crippen LogP contribution in [0.4, 0.5) is 11.4 Å². The molecule has 0 radical (unpaired) electrons. The van der Waals surface area contributed by atoms with Crippen LogP contribution in [0, 0.1) is 41.7 Å². The van der Waals surface area contributed by atoms with Crippen LogP contribution in [0.2, 0.25) is 0 Å². The molecule has 5 nitrogen and oxygen atoms in total. The number of aryl methyl sites for hydroxylation is 2. The Labute approximate surface area is 158 Å². The van der Waals surface area contributed by atoms with E-state index in [0.29, 0.717) is 11.4 Å². The number of nitro benzene ring substituents is 1. The van der Waals surface area contributed by atoms with E-state index in [2.05, 4.69) is 5.32 Å². The second-order valence-electron chi connectivity index (χ2n) is 8.65. The van der Waals surface area contributed by atoms with E-state index in [0.717, 1.165) is 28.9 Å². The van der Waals surface area contributed by atoms with Crippen LogP contribution >= 0.6 is 11.8 Å². The number of nitro groups is 1. The van der Waals surface area contributed by atoms with Crippen LogP contribution in [0.5, 0.6) is 0 Å². The van der Waals surface area contributed by atoms with Gasteiger partial charge in [0.2, 0.25) is 5.91 Å². The largest absolute Gasteiger partial charge is 0.320 e. The molecule has 1 amide bonds. The number of thioether (sulfide) groups is 1. The van der Waals surface area contributed by atoms with Crippen molar-refractivity contribution in [3.05, 3.63) is 33.4 Å². The van der Waals surface area contributed by atoms with Gasteiger partial charge in [-0.1, -0.05) is 0 Å². The lowest BCUT2D eigenvalue weighted by molar-refractivity contribution is -0.384. The smallest absolute Gasteiger partial charge is 0.293 e. The monoisotopic (exact) mass is 374 g/mol. The Hall–Kier alpha value is -1.56. The molecular formula is C20H26N2O3S. The van der Waals surface area contributed by atoms with Gasteiger partial charge in [-0.05, 0) is 87.3 Å². The number of amides is 1. The van der Waals surface area contributed by atoms with E-state index >= 15 is 0 Å². The number of carbonyl (C=O) groups excluding carboxylic acids is 1. The van der Waals surface area contributed by atoms with Gasteiger partial charge in [0.05, 0.1) is 10.7 Å². The molecular weight excluding hydrogens is 348 g/mol. The first-order chi connectivity index (χ1) is 12.3. The van der Waals surface area contributed by atoms with E-state index in [9.17, 15) is 14.9 Å². The average Bonchev–Trinajstić information content (AvgIpc) is 2.55. The maximum absolute atomic E-state index is 12.5. The van der Waals surface area contributed by atoms with E-state index in [1.165, 1.54) is 44.6 Å². The summed E-state index contributed by atoms with van der Waals surface area (Å²) in [6.07, 6.45) is 7.92. The van der Waals surface area contributed by atoms with E-state index in [-0.39, 0.29) is 16.3 Å². The minimum absolute atomic E-state index is 0.0266. The van der Waals surface area contributed by atoms with Gasteiger partial charge in [-0.15, -0.1) is 11.8 Å². The minimum atomic E-state index is -0.422. The van der Waals surface area contributed by atoms with Gasteiger partial charge in [-0.3, -0.25) is 14.9 Å². The summed E-state index contributed by atoms with van der Waals surface area (Å²) in [6, 6.07) is 3.25. The predicted molar refractivity (Wildman–Crippen MR) is 105 cm³/mol. The van der Waals surface area contributed by atoms with Crippen molar-refractivity contribution >= 4 is 29.0 Å². The van der Waals surface area contributed by atoms with Crippen LogP contribution in [0.3, 0.4) is 0 Å². The van der Waals surface area contributed by atoms with Crippen molar-refractivity contribution in [3.63, 3.8) is 0 Å². The zero-order valence-corrected chi connectivity index (χ0v) is 16.2. The third kappa shape index (κ3) is 3.36. The molecule has 4 aliphatic carbocycles. The number of hydrogen-bond donors (Lipinski definition) is 1. The summed E-state index contributed by atoms with van der Waals surface area (Å²) < 4.78 is 0.279. The SMILES string of the molecule is Cc1cc(NC(=O)CSC23CC4CC(CC(C4)C2)C3)c([N+](=O)[O-])cc1C. The molecule has 0 heterocycles. The molecule has 5 rings (SSSR count). The standard InChI is InChI=1S/C20H26N2O3S/c1-12-3-17(18(22(24)25)4-13(12)2)21-19(23)11-26-20-8-14-5-15(9-20)7-16(6-14)10-20/h3-4,14-16H,5-11H2,1-2H3,(H,21,23). The fourth-order valence-corrected chi connectivity index (χ4v) is 7.24. The maximum Gasteiger partial charge on any atom is 0.293 e. The van der Waals surface area contributed by atoms with Crippen molar-refractivity contribution in [2.24, 2.45) is 17.8 Å². The summed E-state index contributed by atoms with van der Waals surface area (Å²) in [6.45, 7) is 3.75. The average molecular weight is 375 g/mol. The Morgan fingerprint density at radius 1 is 1.15 bits per heavy atom. The Bertz CT molecular complexity index is 726. The van der Waals surface area contributed by atoms with E-state index in [4.69, 9.17) is 0 Å². The Balaban J connectivity index is 1.42. The van der Waals surface area contributed by atoms with E-state index < -0.39 is 4.92 Å². The lowest BCUT2D eigenvalue weighted by atomic mass is 9.56. The molecule has 0 unspecified atom stereocenters. The molecule has 0 aliphatic heterocycles. The molecule has 4 saturated carbocycles. The van der Waals surface area contributed by atoms with Crippen LogP contribution in [-0.2, 0) is 4.79 Å². The fourth-order valence-electron chi connectivity index (χ4n) is 5.67. The highest BCUT2D eigenvalue weighted by molar-refractivity contribution is 8.01. The molecule has 0 atom stereocenters. The van der Waals surface area contributed by atoms with Gasteiger partial charge in [0.25, 0.3) is 5.69 Å². The van der Waals surface area contributed by atoms with Crippen LogP contribution < -0.4 is 5.32 Å². The lowest BCUT2D eigenvalue weighted by Gasteiger charge is -2.56. The van der Waals surface area contributed by atoms with Crippen molar-refractivity contribution < 1.29 is 9.72 Å². The highest BCUT2D eigenvalue weighted by Gasteiger charge is 2.51. The maximum atomic E-state index is 12.5. The molecule has 0 spiro atoms. The van der Waals surface area contributed by atoms with Crippen molar-refractivity contribution in [2.75, 3.05) is 11.1 Å². The van der Waals surface area contributed by atoms with Gasteiger partial charge in [-0.2, -0.15) is 0 Å². The third-order valence-electron chi connectivity index (χ3n) is 6.57. The summed E-state index contributed by atoms with van der Waals surface area (Å²) in [5, 5.41) is 14.1. The zero-order chi connectivity index (χ0) is 18.5. The summed E-state index contributed by atoms with van der Waals surface area (Å²) in [7, 11) is 0. The van der Waals surface area contributed by atoms with Crippen molar-refractivity contribution in [3.8, 4) is 0 Å². The van der Waals surface area contributed by atoms with Crippen molar-refractivity contribution in [2.45, 2.75) is 57.1 Å². The van der Waals surface area contributed by atoms with Crippen molar-refractivity contribution in [1.29, 1.82) is 0 Å². The van der Waals surface area contributed by atoms with Crippen LogP contribution in [0.15, 0.2) is 12.1 Å². The van der Waals surface area contributed by atoms with Gasteiger partial charge in [0.15, 0.2) is 0 Å². The molecule has 4 bridgehead atoms. The molecule has 4 fully saturated rings. The highest BCUT2D eigenvalue weighted by Crippen LogP contribution is 2.60. The molecule has 0 saturated heterocycles. The lowest BCUT2D eigenvalue weighted by Crippen LogP contribution is -2.49. The summed E-state index contributed by atoms with van der Waals surface area (Å²) in [4.78, 5) is 23.4. The molecule has 0 aromatic heterocycles. The number of hydrogen-bond acceptors (Lipinski definition) is 4. The number of rotatable bonds is 5.